The molecule has 4 aliphatic heterocycles. The molecule has 10 nitrogen and oxygen atoms in total. The fourth-order valence-electron chi connectivity index (χ4n) is 4.74. The number of halogens is 3. The zero-order chi connectivity index (χ0) is 24.8. The zero-order valence-corrected chi connectivity index (χ0v) is 18.1. The van der Waals surface area contributed by atoms with Crippen molar-refractivity contribution in [2.75, 3.05) is 13.2 Å². The third-order valence-corrected chi connectivity index (χ3v) is 6.53. The van der Waals surface area contributed by atoms with Crippen molar-refractivity contribution in [2.45, 2.75) is 69.0 Å². The minimum atomic E-state index is -5.03. The van der Waals surface area contributed by atoms with Crippen LogP contribution in [0.25, 0.3) is 0 Å². The van der Waals surface area contributed by atoms with Crippen molar-refractivity contribution in [1.82, 2.24) is 0 Å². The first kappa shape index (κ1) is 24.5. The molecule has 4 heterocycles. The molecule has 5 atom stereocenters. The molecule has 5 unspecified atom stereocenters. The standard InChI is InChI=1S/C21H23F3O10/c1-9(21(22,23)24)16(26)29-7-12(25)32-19-14(13-15(33-19)10(2)31-18(13)28)17(27)30-8-20-5-3-11(34-20)4-6-20/h10-11,13-15,19H,1,3-8H2,2H3. The topological polar surface area (TPSA) is 124 Å². The predicted molar refractivity (Wildman–Crippen MR) is 100 cm³/mol. The molecule has 4 saturated heterocycles. The number of rotatable bonds is 7. The van der Waals surface area contributed by atoms with Gasteiger partial charge in [0.1, 0.15) is 41.8 Å². The Hall–Kier alpha value is -2.67. The number of fused-ring (bicyclic) bond motifs is 3. The van der Waals surface area contributed by atoms with Crippen LogP contribution >= 0.6 is 0 Å². The molecule has 0 aliphatic carbocycles. The van der Waals surface area contributed by atoms with Gasteiger partial charge < -0.3 is 28.4 Å². The van der Waals surface area contributed by atoms with E-state index in [1.165, 1.54) is 6.92 Å². The number of cyclic esters (lactones) is 1. The van der Waals surface area contributed by atoms with Crippen molar-refractivity contribution in [3.8, 4) is 0 Å². The van der Waals surface area contributed by atoms with E-state index in [9.17, 15) is 32.3 Å². The van der Waals surface area contributed by atoms with Gasteiger partial charge in [-0.25, -0.2) is 9.59 Å². The average Bonchev–Trinajstić information content (AvgIpc) is 3.52. The second-order valence-electron chi connectivity index (χ2n) is 8.81. The van der Waals surface area contributed by atoms with E-state index < -0.39 is 78.2 Å². The van der Waals surface area contributed by atoms with Gasteiger partial charge in [0, 0.05) is 0 Å². The van der Waals surface area contributed by atoms with E-state index >= 15 is 0 Å². The van der Waals surface area contributed by atoms with E-state index in [1.54, 1.807) is 0 Å². The maximum absolute atomic E-state index is 12.9. The van der Waals surface area contributed by atoms with Gasteiger partial charge in [-0.1, -0.05) is 6.58 Å². The second-order valence-corrected chi connectivity index (χ2v) is 8.81. The largest absolute Gasteiger partial charge is 0.462 e. The lowest BCUT2D eigenvalue weighted by Crippen LogP contribution is -2.40. The Bertz CT molecular complexity index is 892. The van der Waals surface area contributed by atoms with Crippen LogP contribution in [0.15, 0.2) is 12.2 Å². The van der Waals surface area contributed by atoms with Crippen LogP contribution in [0.2, 0.25) is 0 Å². The first-order valence-electron chi connectivity index (χ1n) is 10.7. The lowest BCUT2D eigenvalue weighted by molar-refractivity contribution is -0.200. The highest BCUT2D eigenvalue weighted by Gasteiger charge is 2.61. The van der Waals surface area contributed by atoms with Crippen LogP contribution < -0.4 is 0 Å². The Morgan fingerprint density at radius 2 is 1.85 bits per heavy atom. The molecule has 0 radical (unpaired) electrons. The van der Waals surface area contributed by atoms with Gasteiger partial charge in [-0.15, -0.1) is 0 Å². The van der Waals surface area contributed by atoms with Crippen LogP contribution in [-0.2, 0) is 47.6 Å². The van der Waals surface area contributed by atoms with Gasteiger partial charge in [-0.05, 0) is 32.6 Å². The number of carbonyl (C=O) groups excluding carboxylic acids is 4. The highest BCUT2D eigenvalue weighted by molar-refractivity contribution is 5.90. The van der Waals surface area contributed by atoms with E-state index in [4.69, 9.17) is 23.7 Å². The van der Waals surface area contributed by atoms with Gasteiger partial charge in [-0.2, -0.15) is 13.2 Å². The maximum atomic E-state index is 12.9. The third kappa shape index (κ3) is 4.63. The molecular formula is C21H23F3O10. The fourth-order valence-corrected chi connectivity index (χ4v) is 4.74. The SMILES string of the molecule is C=C(C(=O)OCC(=O)OC1OC2C(C)OC(=O)C2C1C(=O)OCC12CCC(CC1)O2)C(F)(F)F. The van der Waals surface area contributed by atoms with Crippen LogP contribution in [-0.4, -0.2) is 73.5 Å². The summed E-state index contributed by atoms with van der Waals surface area (Å²) in [7, 11) is 0. The third-order valence-electron chi connectivity index (χ3n) is 6.53. The minimum Gasteiger partial charge on any atom is -0.462 e. The van der Waals surface area contributed by atoms with Crippen LogP contribution in [0.4, 0.5) is 13.2 Å². The van der Waals surface area contributed by atoms with Crippen LogP contribution in [0, 0.1) is 11.8 Å². The summed E-state index contributed by atoms with van der Waals surface area (Å²) in [4.78, 5) is 48.8. The molecule has 188 valence electrons. The fraction of sp³-hybridized carbons (Fsp3) is 0.714. The van der Waals surface area contributed by atoms with Crippen molar-refractivity contribution >= 4 is 23.9 Å². The van der Waals surface area contributed by atoms with Crippen molar-refractivity contribution in [3.63, 3.8) is 0 Å². The predicted octanol–water partition coefficient (Wildman–Crippen LogP) is 1.35. The molecule has 2 bridgehead atoms. The Morgan fingerprint density at radius 3 is 2.44 bits per heavy atom. The lowest BCUT2D eigenvalue weighted by atomic mass is 9.88. The number of carbonyl (C=O) groups is 4. The van der Waals surface area contributed by atoms with Gasteiger partial charge in [0.15, 0.2) is 6.61 Å². The molecule has 0 aromatic carbocycles. The van der Waals surface area contributed by atoms with Crippen molar-refractivity contribution in [1.29, 1.82) is 0 Å². The maximum Gasteiger partial charge on any atom is 0.422 e. The molecule has 4 fully saturated rings. The smallest absolute Gasteiger partial charge is 0.422 e. The molecule has 0 aromatic rings. The van der Waals surface area contributed by atoms with E-state index in [-0.39, 0.29) is 12.7 Å². The van der Waals surface area contributed by atoms with E-state index in [1.807, 2.05) is 0 Å². The van der Waals surface area contributed by atoms with Crippen molar-refractivity contribution in [2.24, 2.45) is 11.8 Å². The summed E-state index contributed by atoms with van der Waals surface area (Å²) in [5.74, 6) is -7.22. The Kier molecular flexibility index (Phi) is 6.36. The molecule has 4 aliphatic rings. The van der Waals surface area contributed by atoms with E-state index in [0.717, 1.165) is 25.7 Å². The Morgan fingerprint density at radius 1 is 1.18 bits per heavy atom. The van der Waals surface area contributed by atoms with Gasteiger partial charge in [-0.3, -0.25) is 9.59 Å². The molecule has 0 N–H and O–H groups in total. The summed E-state index contributed by atoms with van der Waals surface area (Å²) in [6, 6.07) is 0. The summed E-state index contributed by atoms with van der Waals surface area (Å²) in [6.45, 7) is 2.86. The number of alkyl halides is 3. The van der Waals surface area contributed by atoms with Gasteiger partial charge in [0.2, 0.25) is 6.29 Å². The zero-order valence-electron chi connectivity index (χ0n) is 18.1. The molecule has 34 heavy (non-hydrogen) atoms. The number of esters is 4. The molecule has 0 amide bonds. The summed E-state index contributed by atoms with van der Waals surface area (Å²) in [5.41, 5.74) is -2.38. The van der Waals surface area contributed by atoms with Gasteiger partial charge in [0.05, 0.1) is 6.10 Å². The molecular weight excluding hydrogens is 469 g/mol. The summed E-state index contributed by atoms with van der Waals surface area (Å²) >= 11 is 0. The van der Waals surface area contributed by atoms with E-state index in [0.29, 0.717) is 0 Å². The summed E-state index contributed by atoms with van der Waals surface area (Å²) in [6.07, 6.45) is -4.96. The van der Waals surface area contributed by atoms with Crippen molar-refractivity contribution in [3.05, 3.63) is 12.2 Å². The molecule has 0 aromatic heterocycles. The molecule has 13 heteroatoms. The van der Waals surface area contributed by atoms with Crippen LogP contribution in [0.3, 0.4) is 0 Å². The van der Waals surface area contributed by atoms with Crippen LogP contribution in [0.5, 0.6) is 0 Å². The van der Waals surface area contributed by atoms with E-state index in [2.05, 4.69) is 11.3 Å². The molecule has 0 saturated carbocycles. The Balaban J connectivity index is 1.39. The minimum absolute atomic E-state index is 0.0430. The van der Waals surface area contributed by atoms with Crippen LogP contribution in [0.1, 0.15) is 32.6 Å². The summed E-state index contributed by atoms with van der Waals surface area (Å²) < 4.78 is 68.8. The monoisotopic (exact) mass is 492 g/mol. The highest BCUT2D eigenvalue weighted by Crippen LogP contribution is 2.45. The Labute approximate surface area is 191 Å². The normalized spacial score (nSPS) is 36.1. The number of ether oxygens (including phenoxy) is 6. The van der Waals surface area contributed by atoms with Crippen molar-refractivity contribution < 1.29 is 60.8 Å². The van der Waals surface area contributed by atoms with Gasteiger partial charge >= 0.3 is 30.1 Å². The second kappa shape index (κ2) is 8.84. The molecule has 0 spiro atoms. The first-order valence-corrected chi connectivity index (χ1v) is 10.7. The quantitative estimate of drug-likeness (QED) is 0.292. The summed E-state index contributed by atoms with van der Waals surface area (Å²) in [5, 5.41) is 0. The molecule has 4 rings (SSSR count). The number of hydrogen-bond acceptors (Lipinski definition) is 10. The first-order chi connectivity index (χ1) is 15.9. The highest BCUT2D eigenvalue weighted by atomic mass is 19.4. The lowest BCUT2D eigenvalue weighted by Gasteiger charge is -2.26. The van der Waals surface area contributed by atoms with Gasteiger partial charge in [0.25, 0.3) is 0 Å². The average molecular weight is 492 g/mol. The number of hydrogen-bond donors (Lipinski definition) is 0.